The number of alkyl carbamates (subject to hydrolysis) is 1. The monoisotopic (exact) mass is 535 g/mol. The van der Waals surface area contributed by atoms with Gasteiger partial charge in [0, 0.05) is 23.4 Å². The number of hydrogen-bond donors (Lipinski definition) is 1. The second-order valence-electron chi connectivity index (χ2n) is 10.7. The number of ether oxygens (including phenoxy) is 2. The van der Waals surface area contributed by atoms with Crippen molar-refractivity contribution in [3.05, 3.63) is 45.8 Å². The molecule has 10 heteroatoms. The molecular weight excluding hydrogens is 502 g/mol. The zero-order valence-corrected chi connectivity index (χ0v) is 23.6. The van der Waals surface area contributed by atoms with Crippen LogP contribution in [0.15, 0.2) is 28.9 Å². The minimum atomic E-state index is -0.687. The number of rotatable bonds is 6. The van der Waals surface area contributed by atoms with Gasteiger partial charge in [0.05, 0.1) is 28.7 Å². The third-order valence-corrected chi connectivity index (χ3v) is 6.49. The lowest BCUT2D eigenvalue weighted by atomic mass is 10.1. The minimum absolute atomic E-state index is 0.167. The molecule has 0 fully saturated rings. The number of furan rings is 1. The zero-order valence-electron chi connectivity index (χ0n) is 22.0. The number of fused-ring (bicyclic) bond motifs is 1. The number of aryl methyl sites for hydroxylation is 1. The van der Waals surface area contributed by atoms with E-state index in [4.69, 9.17) is 25.5 Å². The molecule has 3 heterocycles. The van der Waals surface area contributed by atoms with E-state index >= 15 is 0 Å². The van der Waals surface area contributed by atoms with Crippen LogP contribution in [-0.4, -0.2) is 34.4 Å². The van der Waals surface area contributed by atoms with Crippen molar-refractivity contribution in [1.29, 1.82) is 0 Å². The van der Waals surface area contributed by atoms with Crippen LogP contribution < -0.4 is 10.2 Å². The number of nitrogens with zero attached hydrogens (tertiary/aromatic N) is 2. The maximum absolute atomic E-state index is 13.3. The SMILES string of the molecule is Cc1c(C[C@H](C)NC(=O)OC(C)(C)C)sc2c(N(Cc3ccco3)C(=O)OC(C)(C)C)cc(Cl)nc12. The lowest BCUT2D eigenvalue weighted by molar-refractivity contribution is 0.0507. The highest BCUT2D eigenvalue weighted by Gasteiger charge is 2.28. The highest BCUT2D eigenvalue weighted by Crippen LogP contribution is 2.39. The topological polar surface area (TPSA) is 93.9 Å². The Morgan fingerprint density at radius 2 is 1.86 bits per heavy atom. The first-order valence-corrected chi connectivity index (χ1v) is 12.9. The van der Waals surface area contributed by atoms with Crippen molar-refractivity contribution in [3.63, 3.8) is 0 Å². The molecule has 0 spiro atoms. The minimum Gasteiger partial charge on any atom is -0.467 e. The van der Waals surface area contributed by atoms with Crippen LogP contribution in [0.25, 0.3) is 10.2 Å². The van der Waals surface area contributed by atoms with Crippen molar-refractivity contribution in [2.45, 2.75) is 85.6 Å². The predicted molar refractivity (Wildman–Crippen MR) is 143 cm³/mol. The summed E-state index contributed by atoms with van der Waals surface area (Å²) in [5, 5.41) is 3.14. The summed E-state index contributed by atoms with van der Waals surface area (Å²) >= 11 is 7.93. The molecule has 0 bridgehead atoms. The van der Waals surface area contributed by atoms with E-state index in [-0.39, 0.29) is 17.7 Å². The Morgan fingerprint density at radius 3 is 2.44 bits per heavy atom. The van der Waals surface area contributed by atoms with Crippen LogP contribution in [0.1, 0.15) is 64.7 Å². The molecule has 1 atom stereocenters. The number of anilines is 1. The maximum Gasteiger partial charge on any atom is 0.415 e. The zero-order chi connectivity index (χ0) is 26.8. The van der Waals surface area contributed by atoms with Gasteiger partial charge < -0.3 is 19.2 Å². The molecule has 3 rings (SSSR count). The van der Waals surface area contributed by atoms with E-state index in [9.17, 15) is 9.59 Å². The third kappa shape index (κ3) is 7.36. The fourth-order valence-corrected chi connectivity index (χ4v) is 5.12. The van der Waals surface area contributed by atoms with Crippen molar-refractivity contribution < 1.29 is 23.5 Å². The summed E-state index contributed by atoms with van der Waals surface area (Å²) in [5.41, 5.74) is 0.969. The Balaban J connectivity index is 1.98. The summed E-state index contributed by atoms with van der Waals surface area (Å²) in [6.45, 7) is 15.0. The van der Waals surface area contributed by atoms with Crippen LogP contribution >= 0.6 is 22.9 Å². The maximum atomic E-state index is 13.3. The van der Waals surface area contributed by atoms with E-state index in [1.54, 1.807) is 24.5 Å². The number of nitrogens with one attached hydrogen (secondary N) is 1. The Bertz CT molecular complexity index is 1230. The molecule has 3 aromatic heterocycles. The average Bonchev–Trinajstić information content (AvgIpc) is 3.32. The number of hydrogen-bond acceptors (Lipinski definition) is 7. The normalized spacial score (nSPS) is 12.9. The largest absolute Gasteiger partial charge is 0.467 e. The number of halogens is 1. The van der Waals surface area contributed by atoms with Gasteiger partial charge in [-0.3, -0.25) is 4.90 Å². The van der Waals surface area contributed by atoms with Gasteiger partial charge in [-0.2, -0.15) is 0 Å². The Hall–Kier alpha value is -2.78. The summed E-state index contributed by atoms with van der Waals surface area (Å²) in [6.07, 6.45) is 1.14. The number of carbonyl (C=O) groups is 2. The Morgan fingerprint density at radius 1 is 1.19 bits per heavy atom. The van der Waals surface area contributed by atoms with Gasteiger partial charge in [-0.1, -0.05) is 11.6 Å². The molecule has 1 N–H and O–H groups in total. The summed E-state index contributed by atoms with van der Waals surface area (Å²) in [7, 11) is 0. The first-order valence-electron chi connectivity index (χ1n) is 11.7. The third-order valence-electron chi connectivity index (χ3n) is 4.97. The van der Waals surface area contributed by atoms with Crippen molar-refractivity contribution >= 4 is 51.0 Å². The number of amides is 2. The van der Waals surface area contributed by atoms with Crippen LogP contribution in [0.2, 0.25) is 5.15 Å². The number of pyridine rings is 1. The van der Waals surface area contributed by atoms with Crippen LogP contribution in [-0.2, 0) is 22.4 Å². The van der Waals surface area contributed by atoms with Gasteiger partial charge in [0.15, 0.2) is 0 Å². The van der Waals surface area contributed by atoms with Gasteiger partial charge in [-0.25, -0.2) is 14.6 Å². The van der Waals surface area contributed by atoms with E-state index in [0.717, 1.165) is 15.1 Å². The molecule has 0 saturated heterocycles. The fraction of sp³-hybridized carbons (Fsp3) is 0.500. The number of aromatic nitrogens is 1. The molecule has 8 nitrogen and oxygen atoms in total. The predicted octanol–water partition coefficient (Wildman–Crippen LogP) is 7.25. The molecule has 36 heavy (non-hydrogen) atoms. The van der Waals surface area contributed by atoms with Gasteiger partial charge in [0.1, 0.15) is 22.1 Å². The van der Waals surface area contributed by atoms with E-state index in [1.165, 1.54) is 16.2 Å². The molecule has 0 unspecified atom stereocenters. The number of carbonyl (C=O) groups excluding carboxylic acids is 2. The van der Waals surface area contributed by atoms with Crippen LogP contribution in [0.3, 0.4) is 0 Å². The molecule has 0 aliphatic heterocycles. The van der Waals surface area contributed by atoms with Crippen molar-refractivity contribution in [2.24, 2.45) is 0 Å². The highest BCUT2D eigenvalue weighted by molar-refractivity contribution is 7.19. The molecule has 196 valence electrons. The summed E-state index contributed by atoms with van der Waals surface area (Å²) in [4.78, 5) is 32.6. The van der Waals surface area contributed by atoms with Crippen LogP contribution in [0.4, 0.5) is 15.3 Å². The molecule has 0 aliphatic carbocycles. The molecule has 2 amide bonds. The van der Waals surface area contributed by atoms with E-state index in [2.05, 4.69) is 10.3 Å². The molecule has 0 saturated carbocycles. The molecular formula is C26H34ClN3O5S. The number of thiophene rings is 1. The van der Waals surface area contributed by atoms with E-state index in [1.807, 2.05) is 55.4 Å². The smallest absolute Gasteiger partial charge is 0.415 e. The Kier molecular flexibility index (Phi) is 8.25. The van der Waals surface area contributed by atoms with Crippen LogP contribution in [0, 0.1) is 6.92 Å². The van der Waals surface area contributed by atoms with Crippen molar-refractivity contribution in [1.82, 2.24) is 10.3 Å². The van der Waals surface area contributed by atoms with Gasteiger partial charge in [0.2, 0.25) is 0 Å². The lowest BCUT2D eigenvalue weighted by Gasteiger charge is -2.27. The lowest BCUT2D eigenvalue weighted by Crippen LogP contribution is -2.38. The second kappa shape index (κ2) is 10.7. The van der Waals surface area contributed by atoms with Gasteiger partial charge in [-0.05, 0) is 73.1 Å². The van der Waals surface area contributed by atoms with Gasteiger partial charge in [0.25, 0.3) is 0 Å². The van der Waals surface area contributed by atoms with E-state index < -0.39 is 23.4 Å². The van der Waals surface area contributed by atoms with Crippen molar-refractivity contribution in [3.8, 4) is 0 Å². The summed E-state index contributed by atoms with van der Waals surface area (Å²) in [5.74, 6) is 0.602. The Labute approximate surface area is 220 Å². The first kappa shape index (κ1) is 27.8. The quantitative estimate of drug-likeness (QED) is 0.334. The highest BCUT2D eigenvalue weighted by atomic mass is 35.5. The summed E-state index contributed by atoms with van der Waals surface area (Å²) < 4.78 is 17.4. The first-order chi connectivity index (χ1) is 16.6. The van der Waals surface area contributed by atoms with Crippen molar-refractivity contribution in [2.75, 3.05) is 4.90 Å². The summed E-state index contributed by atoms with van der Waals surface area (Å²) in [6, 6.07) is 5.05. The van der Waals surface area contributed by atoms with E-state index in [0.29, 0.717) is 23.4 Å². The standard InChI is InChI=1S/C26H34ClN3O5S/c1-15(28-23(31)34-25(3,4)5)12-19-16(2)21-22(36-19)18(13-20(27)29-21)30(14-17-10-9-11-33-17)24(32)35-26(6,7)8/h9-11,13,15H,12,14H2,1-8H3,(H,28,31)/t15-/m0/s1. The average molecular weight is 536 g/mol. The van der Waals surface area contributed by atoms with Gasteiger partial charge in [-0.15, -0.1) is 11.3 Å². The second-order valence-corrected chi connectivity index (χ2v) is 12.2. The fourth-order valence-electron chi connectivity index (χ4n) is 3.53. The van der Waals surface area contributed by atoms with Gasteiger partial charge >= 0.3 is 12.2 Å². The molecule has 0 radical (unpaired) electrons. The van der Waals surface area contributed by atoms with Crippen LogP contribution in [0.5, 0.6) is 0 Å². The molecule has 0 aromatic carbocycles. The molecule has 0 aliphatic rings. The molecule has 3 aromatic rings.